The van der Waals surface area contributed by atoms with Crippen molar-refractivity contribution in [2.45, 2.75) is 32.9 Å². The van der Waals surface area contributed by atoms with Crippen molar-refractivity contribution in [2.75, 3.05) is 6.61 Å². The molecule has 1 heterocycles. The van der Waals surface area contributed by atoms with Gasteiger partial charge in [-0.1, -0.05) is 36.4 Å². The molecule has 0 atom stereocenters. The summed E-state index contributed by atoms with van der Waals surface area (Å²) in [6.07, 6.45) is 4.36. The fourth-order valence-electron chi connectivity index (χ4n) is 2.68. The van der Waals surface area contributed by atoms with Crippen molar-refractivity contribution < 1.29 is 9.53 Å². The zero-order chi connectivity index (χ0) is 18.9. The van der Waals surface area contributed by atoms with E-state index in [1.807, 2.05) is 55.5 Å². The number of aromatic nitrogens is 3. The number of nitrogens with zero attached hydrogens (tertiary/aromatic N) is 3. The molecule has 3 rings (SSSR count). The number of ether oxygens (including phenoxy) is 1. The first-order chi connectivity index (χ1) is 13.2. The molecule has 0 unspecified atom stereocenters. The van der Waals surface area contributed by atoms with Crippen molar-refractivity contribution in [3.8, 4) is 5.75 Å². The first-order valence-electron chi connectivity index (χ1n) is 9.05. The van der Waals surface area contributed by atoms with Crippen LogP contribution in [0.4, 0.5) is 0 Å². The Balaban J connectivity index is 1.34. The van der Waals surface area contributed by atoms with Crippen molar-refractivity contribution in [2.24, 2.45) is 0 Å². The zero-order valence-corrected chi connectivity index (χ0v) is 15.5. The van der Waals surface area contributed by atoms with Crippen LogP contribution in [0.25, 0.3) is 0 Å². The lowest BCUT2D eigenvalue weighted by Crippen LogP contribution is -2.23. The van der Waals surface area contributed by atoms with Crippen LogP contribution in [-0.2, 0) is 17.9 Å². The summed E-state index contributed by atoms with van der Waals surface area (Å²) in [5.41, 5.74) is 3.38. The predicted molar refractivity (Wildman–Crippen MR) is 103 cm³/mol. The molecule has 6 nitrogen and oxygen atoms in total. The van der Waals surface area contributed by atoms with E-state index in [4.69, 9.17) is 4.74 Å². The Hall–Kier alpha value is -3.15. The first-order valence-corrected chi connectivity index (χ1v) is 9.05. The lowest BCUT2D eigenvalue weighted by molar-refractivity contribution is -0.121. The van der Waals surface area contributed by atoms with E-state index in [-0.39, 0.29) is 5.91 Å². The summed E-state index contributed by atoms with van der Waals surface area (Å²) in [7, 11) is 0. The average molecular weight is 364 g/mol. The molecule has 0 saturated heterocycles. The van der Waals surface area contributed by atoms with Gasteiger partial charge in [-0.2, -0.15) is 5.10 Å². The standard InChI is InChI=1S/C21H24N4O2/c1-17-4-2-5-20(12-17)27-11-3-6-21(26)23-13-18-7-9-19(10-8-18)14-25-16-22-15-24-25/h2,4-5,7-10,12,15-16H,3,6,11,13-14H2,1H3,(H,23,26). The lowest BCUT2D eigenvalue weighted by Gasteiger charge is -2.08. The summed E-state index contributed by atoms with van der Waals surface area (Å²) in [4.78, 5) is 15.9. The van der Waals surface area contributed by atoms with E-state index in [0.29, 0.717) is 32.5 Å². The summed E-state index contributed by atoms with van der Waals surface area (Å²) in [5.74, 6) is 0.885. The Morgan fingerprint density at radius 2 is 1.96 bits per heavy atom. The normalized spacial score (nSPS) is 10.6. The highest BCUT2D eigenvalue weighted by molar-refractivity contribution is 5.75. The number of aryl methyl sites for hydroxylation is 1. The maximum atomic E-state index is 12.0. The largest absolute Gasteiger partial charge is 0.494 e. The molecule has 6 heteroatoms. The van der Waals surface area contributed by atoms with Crippen molar-refractivity contribution in [3.63, 3.8) is 0 Å². The van der Waals surface area contributed by atoms with Gasteiger partial charge in [0.1, 0.15) is 18.4 Å². The van der Waals surface area contributed by atoms with E-state index in [2.05, 4.69) is 15.4 Å². The van der Waals surface area contributed by atoms with Gasteiger partial charge in [-0.25, -0.2) is 9.67 Å². The second-order valence-corrected chi connectivity index (χ2v) is 6.45. The molecule has 3 aromatic rings. The third-order valence-corrected chi connectivity index (χ3v) is 4.13. The van der Waals surface area contributed by atoms with Gasteiger partial charge >= 0.3 is 0 Å². The fraction of sp³-hybridized carbons (Fsp3) is 0.286. The monoisotopic (exact) mass is 364 g/mol. The second-order valence-electron chi connectivity index (χ2n) is 6.45. The van der Waals surface area contributed by atoms with Crippen LogP contribution in [0.15, 0.2) is 61.2 Å². The minimum Gasteiger partial charge on any atom is -0.494 e. The molecule has 2 aromatic carbocycles. The van der Waals surface area contributed by atoms with Crippen LogP contribution in [0, 0.1) is 6.92 Å². The number of rotatable bonds is 9. The molecule has 0 fully saturated rings. The Kier molecular flexibility index (Phi) is 6.57. The smallest absolute Gasteiger partial charge is 0.220 e. The van der Waals surface area contributed by atoms with Crippen LogP contribution < -0.4 is 10.1 Å². The Bertz CT molecular complexity index is 845. The quantitative estimate of drug-likeness (QED) is 0.592. The Morgan fingerprint density at radius 1 is 1.15 bits per heavy atom. The van der Waals surface area contributed by atoms with Gasteiger partial charge in [0.2, 0.25) is 5.91 Å². The van der Waals surface area contributed by atoms with Gasteiger partial charge in [0.25, 0.3) is 0 Å². The maximum absolute atomic E-state index is 12.0. The van der Waals surface area contributed by atoms with Gasteiger partial charge in [-0.05, 0) is 42.2 Å². The zero-order valence-electron chi connectivity index (χ0n) is 15.5. The number of amides is 1. The molecule has 0 radical (unpaired) electrons. The van der Waals surface area contributed by atoms with Crippen molar-refractivity contribution in [1.29, 1.82) is 0 Å². The van der Waals surface area contributed by atoms with E-state index in [0.717, 1.165) is 22.4 Å². The van der Waals surface area contributed by atoms with Crippen LogP contribution in [-0.4, -0.2) is 27.3 Å². The lowest BCUT2D eigenvalue weighted by atomic mass is 10.1. The van der Waals surface area contributed by atoms with Crippen LogP contribution >= 0.6 is 0 Å². The number of carbonyl (C=O) groups is 1. The average Bonchev–Trinajstić information content (AvgIpc) is 3.18. The van der Waals surface area contributed by atoms with E-state index in [9.17, 15) is 4.79 Å². The second kappa shape index (κ2) is 9.52. The molecule has 1 N–H and O–H groups in total. The first kappa shape index (κ1) is 18.6. The van der Waals surface area contributed by atoms with Gasteiger partial charge in [-0.3, -0.25) is 4.79 Å². The molecule has 27 heavy (non-hydrogen) atoms. The minimum absolute atomic E-state index is 0.0366. The molecule has 0 bridgehead atoms. The van der Waals surface area contributed by atoms with E-state index in [1.54, 1.807) is 11.0 Å². The fourth-order valence-corrected chi connectivity index (χ4v) is 2.68. The minimum atomic E-state index is 0.0366. The number of nitrogens with one attached hydrogen (secondary N) is 1. The number of carbonyl (C=O) groups excluding carboxylic acids is 1. The number of benzene rings is 2. The van der Waals surface area contributed by atoms with Gasteiger partial charge < -0.3 is 10.1 Å². The van der Waals surface area contributed by atoms with Crippen LogP contribution in [0.3, 0.4) is 0 Å². The van der Waals surface area contributed by atoms with Crippen LogP contribution in [0.2, 0.25) is 0 Å². The highest BCUT2D eigenvalue weighted by atomic mass is 16.5. The van der Waals surface area contributed by atoms with Crippen molar-refractivity contribution >= 4 is 5.91 Å². The SMILES string of the molecule is Cc1cccc(OCCCC(=O)NCc2ccc(Cn3cncn3)cc2)c1. The van der Waals surface area contributed by atoms with Crippen molar-refractivity contribution in [3.05, 3.63) is 77.9 Å². The highest BCUT2D eigenvalue weighted by Crippen LogP contribution is 2.12. The molecule has 0 saturated carbocycles. The van der Waals surface area contributed by atoms with E-state index in [1.165, 1.54) is 6.33 Å². The summed E-state index contributed by atoms with van der Waals surface area (Å²) < 4.78 is 7.44. The molecule has 0 aliphatic carbocycles. The Labute approximate surface area is 159 Å². The molecule has 140 valence electrons. The summed E-state index contributed by atoms with van der Waals surface area (Å²) >= 11 is 0. The van der Waals surface area contributed by atoms with Crippen molar-refractivity contribution in [1.82, 2.24) is 20.1 Å². The molecule has 0 aliphatic heterocycles. The summed E-state index contributed by atoms with van der Waals surface area (Å²) in [6, 6.07) is 16.0. The summed E-state index contributed by atoms with van der Waals surface area (Å²) in [6.45, 7) is 3.78. The van der Waals surface area contributed by atoms with Crippen LogP contribution in [0.1, 0.15) is 29.5 Å². The molecule has 0 spiro atoms. The number of hydrogen-bond donors (Lipinski definition) is 1. The van der Waals surface area contributed by atoms with Crippen LogP contribution in [0.5, 0.6) is 5.75 Å². The number of hydrogen-bond acceptors (Lipinski definition) is 4. The molecule has 1 amide bonds. The Morgan fingerprint density at radius 3 is 2.70 bits per heavy atom. The van der Waals surface area contributed by atoms with E-state index >= 15 is 0 Å². The molecule has 0 aliphatic rings. The van der Waals surface area contributed by atoms with Gasteiger partial charge in [0.05, 0.1) is 13.2 Å². The third kappa shape index (κ3) is 6.26. The third-order valence-electron chi connectivity index (χ3n) is 4.13. The van der Waals surface area contributed by atoms with Gasteiger partial charge in [0, 0.05) is 13.0 Å². The molecular weight excluding hydrogens is 340 g/mol. The van der Waals surface area contributed by atoms with E-state index < -0.39 is 0 Å². The predicted octanol–water partition coefficient (Wildman–Crippen LogP) is 3.11. The highest BCUT2D eigenvalue weighted by Gasteiger charge is 2.03. The van der Waals surface area contributed by atoms with Gasteiger partial charge in [-0.15, -0.1) is 0 Å². The molecule has 1 aromatic heterocycles. The summed E-state index contributed by atoms with van der Waals surface area (Å²) in [5, 5.41) is 7.04. The van der Waals surface area contributed by atoms with Gasteiger partial charge in [0.15, 0.2) is 0 Å². The molecular formula is C21H24N4O2. The topological polar surface area (TPSA) is 69.0 Å². The maximum Gasteiger partial charge on any atom is 0.220 e.